The molecule has 0 aromatic rings. The summed E-state index contributed by atoms with van der Waals surface area (Å²) in [6.07, 6.45) is 13.3. The highest BCUT2D eigenvalue weighted by molar-refractivity contribution is 5.89. The molecule has 2 unspecified atom stereocenters. The molecule has 142 valence electrons. The summed E-state index contributed by atoms with van der Waals surface area (Å²) in [7, 11) is 0. The topological polar surface area (TPSA) is 58.2 Å². The Morgan fingerprint density at radius 3 is 2.65 bits per heavy atom. The Morgan fingerprint density at radius 1 is 1.08 bits per heavy atom. The molecule has 2 N–H and O–H groups in total. The summed E-state index contributed by atoms with van der Waals surface area (Å²) in [4.78, 5) is 24.2. The van der Waals surface area contributed by atoms with Gasteiger partial charge in [0, 0.05) is 23.4 Å². The molecule has 4 heteroatoms. The van der Waals surface area contributed by atoms with Gasteiger partial charge in [-0.3, -0.25) is 9.59 Å². The Labute approximate surface area is 156 Å². The van der Waals surface area contributed by atoms with Gasteiger partial charge in [0.05, 0.1) is 0 Å². The summed E-state index contributed by atoms with van der Waals surface area (Å²) >= 11 is 0. The fourth-order valence-corrected chi connectivity index (χ4v) is 7.21. The number of rotatable bonds is 2. The van der Waals surface area contributed by atoms with Crippen LogP contribution in [0.3, 0.4) is 0 Å². The van der Waals surface area contributed by atoms with Gasteiger partial charge in [-0.05, 0) is 80.6 Å². The molecular formula is C22H32N2O2. The molecule has 0 spiro atoms. The predicted octanol–water partition coefficient (Wildman–Crippen LogP) is 3.18. The van der Waals surface area contributed by atoms with Crippen molar-refractivity contribution in [2.24, 2.45) is 34.5 Å². The molecule has 5 rings (SSSR count). The molecule has 4 aliphatic carbocycles. The van der Waals surface area contributed by atoms with Crippen LogP contribution < -0.4 is 10.6 Å². The van der Waals surface area contributed by atoms with Crippen molar-refractivity contribution in [3.63, 3.8) is 0 Å². The minimum Gasteiger partial charge on any atom is -0.353 e. The molecule has 1 aliphatic heterocycles. The maximum absolute atomic E-state index is 12.4. The average Bonchev–Trinajstić information content (AvgIpc) is 3.40. The van der Waals surface area contributed by atoms with Crippen LogP contribution in [-0.4, -0.2) is 23.9 Å². The van der Waals surface area contributed by atoms with E-state index in [1.165, 1.54) is 25.7 Å². The number of nitrogens with one attached hydrogen (secondary N) is 2. The molecule has 26 heavy (non-hydrogen) atoms. The lowest BCUT2D eigenvalue weighted by Gasteiger charge is -2.58. The van der Waals surface area contributed by atoms with E-state index >= 15 is 0 Å². The molecule has 4 fully saturated rings. The Morgan fingerprint density at radius 2 is 1.88 bits per heavy atom. The molecule has 0 radical (unpaired) electrons. The lowest BCUT2D eigenvalue weighted by molar-refractivity contribution is -0.125. The van der Waals surface area contributed by atoms with E-state index in [0.29, 0.717) is 29.8 Å². The Balaban J connectivity index is 1.38. The van der Waals surface area contributed by atoms with Crippen LogP contribution in [0.1, 0.15) is 65.2 Å². The minimum atomic E-state index is 0.0790. The molecule has 0 aromatic heterocycles. The highest BCUT2D eigenvalue weighted by Gasteiger charge is 2.60. The van der Waals surface area contributed by atoms with Gasteiger partial charge in [0.2, 0.25) is 11.8 Å². The SMILES string of the molecule is C[C@]12C=CC(=O)NC1CC[C@@H]1[C@H]2CC[C@]2(C)C(NC(=O)C3CC3)CC[C@@H]12. The monoisotopic (exact) mass is 356 g/mol. The maximum atomic E-state index is 12.4. The first-order valence-corrected chi connectivity index (χ1v) is 10.7. The third kappa shape index (κ3) is 2.33. The number of hydrogen-bond donors (Lipinski definition) is 2. The van der Waals surface area contributed by atoms with E-state index in [9.17, 15) is 9.59 Å². The first-order valence-electron chi connectivity index (χ1n) is 10.7. The Bertz CT molecular complexity index is 669. The fourth-order valence-electron chi connectivity index (χ4n) is 7.21. The second-order valence-electron chi connectivity index (χ2n) is 10.2. The molecule has 1 heterocycles. The smallest absolute Gasteiger partial charge is 0.243 e. The van der Waals surface area contributed by atoms with E-state index in [0.717, 1.165) is 37.5 Å². The number of carbonyl (C=O) groups excluding carboxylic acids is 2. The zero-order valence-corrected chi connectivity index (χ0v) is 16.1. The van der Waals surface area contributed by atoms with E-state index < -0.39 is 0 Å². The molecule has 5 aliphatic rings. The number of carbonyl (C=O) groups is 2. The van der Waals surface area contributed by atoms with Crippen molar-refractivity contribution < 1.29 is 9.59 Å². The van der Waals surface area contributed by atoms with Crippen molar-refractivity contribution in [3.05, 3.63) is 12.2 Å². The summed E-state index contributed by atoms with van der Waals surface area (Å²) in [6, 6.07) is 0.672. The van der Waals surface area contributed by atoms with Crippen molar-refractivity contribution in [1.82, 2.24) is 10.6 Å². The van der Waals surface area contributed by atoms with Crippen molar-refractivity contribution in [3.8, 4) is 0 Å². The summed E-state index contributed by atoms with van der Waals surface area (Å²) < 4.78 is 0. The quantitative estimate of drug-likeness (QED) is 0.798. The van der Waals surface area contributed by atoms with Gasteiger partial charge < -0.3 is 10.6 Å². The number of hydrogen-bond acceptors (Lipinski definition) is 2. The highest BCUT2D eigenvalue weighted by Crippen LogP contribution is 2.63. The van der Waals surface area contributed by atoms with Gasteiger partial charge in [0.15, 0.2) is 0 Å². The first-order chi connectivity index (χ1) is 12.4. The van der Waals surface area contributed by atoms with Crippen LogP contribution in [0, 0.1) is 34.5 Å². The van der Waals surface area contributed by atoms with Crippen LogP contribution >= 0.6 is 0 Å². The van der Waals surface area contributed by atoms with E-state index in [1.807, 2.05) is 0 Å². The Kier molecular flexibility index (Phi) is 3.62. The van der Waals surface area contributed by atoms with Gasteiger partial charge in [-0.2, -0.15) is 0 Å². The van der Waals surface area contributed by atoms with Crippen LogP contribution in [-0.2, 0) is 9.59 Å². The molecule has 4 nitrogen and oxygen atoms in total. The summed E-state index contributed by atoms with van der Waals surface area (Å²) in [6.45, 7) is 4.82. The molecule has 0 saturated heterocycles. The largest absolute Gasteiger partial charge is 0.353 e. The molecule has 2 amide bonds. The van der Waals surface area contributed by atoms with Gasteiger partial charge >= 0.3 is 0 Å². The van der Waals surface area contributed by atoms with Crippen LogP contribution in [0.5, 0.6) is 0 Å². The number of amides is 2. The van der Waals surface area contributed by atoms with Crippen molar-refractivity contribution in [1.29, 1.82) is 0 Å². The van der Waals surface area contributed by atoms with E-state index in [2.05, 4.69) is 30.6 Å². The Hall–Kier alpha value is -1.32. The summed E-state index contributed by atoms with van der Waals surface area (Å²) in [5.74, 6) is 2.81. The van der Waals surface area contributed by atoms with E-state index in [4.69, 9.17) is 0 Å². The first kappa shape index (κ1) is 16.8. The van der Waals surface area contributed by atoms with Gasteiger partial charge in [0.1, 0.15) is 0 Å². The zero-order chi connectivity index (χ0) is 18.1. The van der Waals surface area contributed by atoms with Gasteiger partial charge in [0.25, 0.3) is 0 Å². The highest BCUT2D eigenvalue weighted by atomic mass is 16.2. The number of fused-ring (bicyclic) bond motifs is 5. The van der Waals surface area contributed by atoms with Crippen LogP contribution in [0.2, 0.25) is 0 Å². The maximum Gasteiger partial charge on any atom is 0.243 e. The van der Waals surface area contributed by atoms with Crippen LogP contribution in [0.15, 0.2) is 12.2 Å². The van der Waals surface area contributed by atoms with Crippen molar-refractivity contribution >= 4 is 11.8 Å². The molecule has 0 aromatic carbocycles. The van der Waals surface area contributed by atoms with Crippen molar-refractivity contribution in [2.75, 3.05) is 0 Å². The van der Waals surface area contributed by atoms with Gasteiger partial charge in [-0.25, -0.2) is 0 Å². The summed E-state index contributed by atoms with van der Waals surface area (Å²) in [5, 5.41) is 6.67. The van der Waals surface area contributed by atoms with Gasteiger partial charge in [-0.1, -0.05) is 19.9 Å². The predicted molar refractivity (Wildman–Crippen MR) is 100 cm³/mol. The van der Waals surface area contributed by atoms with Gasteiger partial charge in [-0.15, -0.1) is 0 Å². The molecule has 0 bridgehead atoms. The fraction of sp³-hybridized carbons (Fsp3) is 0.818. The lowest BCUT2D eigenvalue weighted by Crippen LogP contribution is -2.60. The molecule has 4 saturated carbocycles. The second kappa shape index (κ2) is 5.59. The molecule has 7 atom stereocenters. The van der Waals surface area contributed by atoms with Crippen molar-refractivity contribution in [2.45, 2.75) is 77.3 Å². The van der Waals surface area contributed by atoms with Crippen LogP contribution in [0.25, 0.3) is 0 Å². The normalized spacial score (nSPS) is 49.6. The summed E-state index contributed by atoms with van der Waals surface area (Å²) in [5.41, 5.74) is 0.365. The third-order valence-electron chi connectivity index (χ3n) is 8.95. The average molecular weight is 357 g/mol. The lowest BCUT2D eigenvalue weighted by atomic mass is 9.48. The van der Waals surface area contributed by atoms with E-state index in [1.54, 1.807) is 6.08 Å². The zero-order valence-electron chi connectivity index (χ0n) is 16.1. The standard InChI is InChI=1S/C22H32N2O2/c1-21-11-9-16-14(5-7-17-22(16,2)12-10-19(25)23-17)15(21)6-8-18(21)24-20(26)13-3-4-13/h10,12-18H,3-9,11H2,1-2H3,(H,23,25)(H,24,26)/t14-,15-,16+,17?,18?,21-,22+/m0/s1. The second-order valence-corrected chi connectivity index (χ2v) is 10.2. The van der Waals surface area contributed by atoms with E-state index in [-0.39, 0.29) is 16.7 Å². The van der Waals surface area contributed by atoms with Crippen LogP contribution in [0.4, 0.5) is 0 Å². The third-order valence-corrected chi connectivity index (χ3v) is 8.95. The molecular weight excluding hydrogens is 324 g/mol. The minimum absolute atomic E-state index is 0.0790.